The minimum absolute atomic E-state index is 0.163. The second kappa shape index (κ2) is 3.96. The molecule has 2 N–H and O–H groups in total. The van der Waals surface area contributed by atoms with Crippen molar-refractivity contribution in [2.45, 2.75) is 39.3 Å². The van der Waals surface area contributed by atoms with Crippen molar-refractivity contribution in [3.8, 4) is 6.19 Å². The number of nitrogens with zero attached hydrogens (tertiary/aromatic N) is 1. The average molecular weight is 169 g/mol. The van der Waals surface area contributed by atoms with Crippen LogP contribution in [0.2, 0.25) is 0 Å². The van der Waals surface area contributed by atoms with E-state index in [4.69, 9.17) is 5.26 Å². The predicted octanol–water partition coefficient (Wildman–Crippen LogP) is 0.360. The number of rotatable bonds is 2. The van der Waals surface area contributed by atoms with E-state index in [1.54, 1.807) is 13.1 Å². The van der Waals surface area contributed by atoms with E-state index < -0.39 is 6.04 Å². The molecular weight excluding hydrogens is 154 g/mol. The van der Waals surface area contributed by atoms with Gasteiger partial charge in [-0.1, -0.05) is 0 Å². The minimum Gasteiger partial charge on any atom is -0.350 e. The largest absolute Gasteiger partial charge is 0.350 e. The monoisotopic (exact) mass is 169 g/mol. The van der Waals surface area contributed by atoms with E-state index in [1.165, 1.54) is 0 Å². The van der Waals surface area contributed by atoms with Crippen molar-refractivity contribution in [1.29, 1.82) is 5.26 Å². The first-order valence-corrected chi connectivity index (χ1v) is 3.83. The van der Waals surface area contributed by atoms with Crippen LogP contribution < -0.4 is 10.6 Å². The number of nitriles is 1. The van der Waals surface area contributed by atoms with Crippen LogP contribution in [0, 0.1) is 11.5 Å². The van der Waals surface area contributed by atoms with Gasteiger partial charge in [0, 0.05) is 5.54 Å². The molecule has 0 fully saturated rings. The van der Waals surface area contributed by atoms with Crippen LogP contribution in [0.15, 0.2) is 0 Å². The molecule has 0 aliphatic rings. The summed E-state index contributed by atoms with van der Waals surface area (Å²) < 4.78 is 0. The first-order valence-electron chi connectivity index (χ1n) is 3.83. The third-order valence-electron chi connectivity index (χ3n) is 1.17. The lowest BCUT2D eigenvalue weighted by Crippen LogP contribution is -2.48. The summed E-state index contributed by atoms with van der Waals surface area (Å²) >= 11 is 0. The van der Waals surface area contributed by atoms with E-state index in [0.29, 0.717) is 0 Å². The van der Waals surface area contributed by atoms with E-state index >= 15 is 0 Å². The van der Waals surface area contributed by atoms with Gasteiger partial charge in [0.25, 0.3) is 0 Å². The number of amides is 1. The molecule has 1 atom stereocenters. The molecule has 0 aliphatic carbocycles. The van der Waals surface area contributed by atoms with Gasteiger partial charge in [0.2, 0.25) is 5.91 Å². The molecule has 0 rings (SSSR count). The molecule has 0 bridgehead atoms. The van der Waals surface area contributed by atoms with Gasteiger partial charge in [0.1, 0.15) is 6.04 Å². The summed E-state index contributed by atoms with van der Waals surface area (Å²) in [4.78, 5) is 11.2. The third kappa shape index (κ3) is 4.56. The Hall–Kier alpha value is -1.24. The van der Waals surface area contributed by atoms with Crippen molar-refractivity contribution in [2.75, 3.05) is 0 Å². The molecule has 0 radical (unpaired) electrons. The fourth-order valence-corrected chi connectivity index (χ4v) is 0.640. The summed E-state index contributed by atoms with van der Waals surface area (Å²) in [7, 11) is 0. The van der Waals surface area contributed by atoms with Gasteiger partial charge in [-0.15, -0.1) is 0 Å². The zero-order valence-corrected chi connectivity index (χ0v) is 7.93. The molecule has 0 saturated carbocycles. The molecule has 0 aliphatic heterocycles. The molecular formula is C8H15N3O. The van der Waals surface area contributed by atoms with E-state index in [-0.39, 0.29) is 11.4 Å². The Balaban J connectivity index is 3.98. The summed E-state index contributed by atoms with van der Waals surface area (Å²) in [5, 5.41) is 13.4. The van der Waals surface area contributed by atoms with Crippen LogP contribution in [0.25, 0.3) is 0 Å². The summed E-state index contributed by atoms with van der Waals surface area (Å²) in [6.45, 7) is 7.32. The van der Waals surface area contributed by atoms with Crippen LogP contribution in [-0.2, 0) is 4.79 Å². The van der Waals surface area contributed by atoms with Crippen molar-refractivity contribution in [3.63, 3.8) is 0 Å². The molecule has 68 valence electrons. The number of hydrogen-bond acceptors (Lipinski definition) is 3. The minimum atomic E-state index is -0.464. The maximum atomic E-state index is 11.2. The second-order valence-electron chi connectivity index (χ2n) is 3.72. The zero-order chi connectivity index (χ0) is 9.78. The first-order chi connectivity index (χ1) is 5.37. The molecule has 4 nitrogen and oxygen atoms in total. The topological polar surface area (TPSA) is 64.9 Å². The Morgan fingerprint density at radius 3 is 2.33 bits per heavy atom. The van der Waals surface area contributed by atoms with E-state index in [1.807, 2.05) is 20.8 Å². The SMILES string of the molecule is CC(NC#N)C(=O)NC(C)(C)C. The van der Waals surface area contributed by atoms with Gasteiger partial charge in [-0.05, 0) is 27.7 Å². The van der Waals surface area contributed by atoms with Gasteiger partial charge < -0.3 is 10.6 Å². The fraction of sp³-hybridized carbons (Fsp3) is 0.750. The van der Waals surface area contributed by atoms with Gasteiger partial charge in [0.05, 0.1) is 0 Å². The number of nitrogens with one attached hydrogen (secondary N) is 2. The highest BCUT2D eigenvalue weighted by Crippen LogP contribution is 1.98. The summed E-state index contributed by atoms with van der Waals surface area (Å²) in [6, 6.07) is -0.464. The average Bonchev–Trinajstić information content (AvgIpc) is 1.84. The summed E-state index contributed by atoms with van der Waals surface area (Å²) in [6.07, 6.45) is 1.72. The maximum Gasteiger partial charge on any atom is 0.243 e. The van der Waals surface area contributed by atoms with Crippen LogP contribution in [0.5, 0.6) is 0 Å². The zero-order valence-electron chi connectivity index (χ0n) is 7.93. The van der Waals surface area contributed by atoms with Gasteiger partial charge in [-0.25, -0.2) is 0 Å². The highest BCUT2D eigenvalue weighted by molar-refractivity contribution is 5.82. The lowest BCUT2D eigenvalue weighted by atomic mass is 10.1. The molecule has 4 heteroatoms. The van der Waals surface area contributed by atoms with Crippen LogP contribution in [0.1, 0.15) is 27.7 Å². The molecule has 1 amide bonds. The van der Waals surface area contributed by atoms with Crippen LogP contribution >= 0.6 is 0 Å². The van der Waals surface area contributed by atoms with Crippen LogP contribution in [0.3, 0.4) is 0 Å². The van der Waals surface area contributed by atoms with Gasteiger partial charge in [-0.2, -0.15) is 5.26 Å². The first kappa shape index (κ1) is 10.8. The van der Waals surface area contributed by atoms with E-state index in [2.05, 4.69) is 10.6 Å². The summed E-state index contributed by atoms with van der Waals surface area (Å²) in [5.74, 6) is -0.163. The lowest BCUT2D eigenvalue weighted by molar-refractivity contribution is -0.123. The molecule has 0 spiro atoms. The standard InChI is InChI=1S/C8H15N3O/c1-6(10-5-9)7(12)11-8(2,3)4/h6,10H,1-4H3,(H,11,12). The Kier molecular flexibility index (Phi) is 3.55. The quantitative estimate of drug-likeness (QED) is 0.463. The maximum absolute atomic E-state index is 11.2. The molecule has 0 saturated heterocycles. The fourth-order valence-electron chi connectivity index (χ4n) is 0.640. The Morgan fingerprint density at radius 2 is 2.00 bits per heavy atom. The highest BCUT2D eigenvalue weighted by atomic mass is 16.2. The normalized spacial score (nSPS) is 12.9. The second-order valence-corrected chi connectivity index (χ2v) is 3.72. The molecule has 0 heterocycles. The van der Waals surface area contributed by atoms with Crippen LogP contribution in [-0.4, -0.2) is 17.5 Å². The van der Waals surface area contributed by atoms with E-state index in [0.717, 1.165) is 0 Å². The van der Waals surface area contributed by atoms with Crippen molar-refractivity contribution >= 4 is 5.91 Å². The highest BCUT2D eigenvalue weighted by Gasteiger charge is 2.18. The molecule has 1 unspecified atom stereocenters. The van der Waals surface area contributed by atoms with Gasteiger partial charge in [0.15, 0.2) is 6.19 Å². The van der Waals surface area contributed by atoms with E-state index in [9.17, 15) is 4.79 Å². The number of carbonyl (C=O) groups is 1. The van der Waals surface area contributed by atoms with Crippen molar-refractivity contribution < 1.29 is 4.79 Å². The third-order valence-corrected chi connectivity index (χ3v) is 1.17. The Labute approximate surface area is 72.9 Å². The van der Waals surface area contributed by atoms with Gasteiger partial charge >= 0.3 is 0 Å². The summed E-state index contributed by atoms with van der Waals surface area (Å²) in [5.41, 5.74) is -0.248. The smallest absolute Gasteiger partial charge is 0.243 e. The number of hydrogen-bond donors (Lipinski definition) is 2. The van der Waals surface area contributed by atoms with Crippen molar-refractivity contribution in [1.82, 2.24) is 10.6 Å². The molecule has 0 aromatic rings. The van der Waals surface area contributed by atoms with Crippen molar-refractivity contribution in [2.24, 2.45) is 0 Å². The Bertz CT molecular complexity index is 199. The van der Waals surface area contributed by atoms with Crippen LogP contribution in [0.4, 0.5) is 0 Å². The molecule has 0 aromatic heterocycles. The van der Waals surface area contributed by atoms with Crippen molar-refractivity contribution in [3.05, 3.63) is 0 Å². The molecule has 12 heavy (non-hydrogen) atoms. The Morgan fingerprint density at radius 1 is 1.50 bits per heavy atom. The van der Waals surface area contributed by atoms with Gasteiger partial charge in [-0.3, -0.25) is 4.79 Å². The molecule has 0 aromatic carbocycles. The number of carbonyl (C=O) groups excluding carboxylic acids is 1. The lowest BCUT2D eigenvalue weighted by Gasteiger charge is -2.22. The predicted molar refractivity (Wildman–Crippen MR) is 46.1 cm³/mol.